The van der Waals surface area contributed by atoms with E-state index in [0.29, 0.717) is 13.1 Å². The molecule has 0 atom stereocenters. The van der Waals surface area contributed by atoms with E-state index in [4.69, 9.17) is 0 Å². The van der Waals surface area contributed by atoms with Gasteiger partial charge in [0.2, 0.25) is 15.9 Å². The van der Waals surface area contributed by atoms with Crippen LogP contribution in [0.3, 0.4) is 0 Å². The second-order valence-corrected chi connectivity index (χ2v) is 9.16. The summed E-state index contributed by atoms with van der Waals surface area (Å²) in [5.41, 5.74) is 1.96. The van der Waals surface area contributed by atoms with Gasteiger partial charge in [0.1, 0.15) is 11.6 Å². The number of hydrogen-bond donors (Lipinski definition) is 2. The van der Waals surface area contributed by atoms with Crippen LogP contribution in [0, 0.1) is 5.82 Å². The van der Waals surface area contributed by atoms with Crippen molar-refractivity contribution in [1.29, 1.82) is 0 Å². The van der Waals surface area contributed by atoms with Crippen molar-refractivity contribution in [3.05, 3.63) is 60.2 Å². The SMILES string of the molecule is O=C(CCNS(=O)(=O)c1ccc(F)cc1)N1CCC(c2nc3ccccc3[nH]2)CC1. The molecule has 7 nitrogen and oxygen atoms in total. The predicted molar refractivity (Wildman–Crippen MR) is 111 cm³/mol. The Kier molecular flexibility index (Phi) is 5.83. The number of rotatable bonds is 6. The molecule has 1 aromatic heterocycles. The monoisotopic (exact) mass is 430 g/mol. The van der Waals surface area contributed by atoms with Gasteiger partial charge in [-0.3, -0.25) is 4.79 Å². The molecule has 0 radical (unpaired) electrons. The van der Waals surface area contributed by atoms with E-state index < -0.39 is 15.8 Å². The first kappa shape index (κ1) is 20.5. The number of nitrogens with one attached hydrogen (secondary N) is 2. The van der Waals surface area contributed by atoms with Gasteiger partial charge < -0.3 is 9.88 Å². The van der Waals surface area contributed by atoms with Crippen LogP contribution in [0.25, 0.3) is 11.0 Å². The van der Waals surface area contributed by atoms with Crippen LogP contribution in [0.2, 0.25) is 0 Å². The summed E-state index contributed by atoms with van der Waals surface area (Å²) >= 11 is 0. The molecule has 9 heteroatoms. The first-order valence-corrected chi connectivity index (χ1v) is 11.4. The highest BCUT2D eigenvalue weighted by atomic mass is 32.2. The van der Waals surface area contributed by atoms with E-state index in [1.807, 2.05) is 24.3 Å². The number of carbonyl (C=O) groups is 1. The number of carbonyl (C=O) groups excluding carboxylic acids is 1. The molecule has 0 spiro atoms. The van der Waals surface area contributed by atoms with Crippen molar-refractivity contribution in [3.8, 4) is 0 Å². The Morgan fingerprint density at radius 2 is 1.83 bits per heavy atom. The number of H-pyrrole nitrogens is 1. The molecule has 0 unspecified atom stereocenters. The Morgan fingerprint density at radius 1 is 1.13 bits per heavy atom. The van der Waals surface area contributed by atoms with E-state index in [0.717, 1.165) is 41.8 Å². The van der Waals surface area contributed by atoms with Crippen LogP contribution < -0.4 is 4.72 Å². The van der Waals surface area contributed by atoms with Gasteiger partial charge in [0.25, 0.3) is 0 Å². The van der Waals surface area contributed by atoms with Crippen molar-refractivity contribution in [2.24, 2.45) is 0 Å². The summed E-state index contributed by atoms with van der Waals surface area (Å²) in [5.74, 6) is 0.642. The zero-order valence-corrected chi connectivity index (χ0v) is 17.2. The molecule has 0 saturated carbocycles. The summed E-state index contributed by atoms with van der Waals surface area (Å²) in [5, 5.41) is 0. The molecule has 1 saturated heterocycles. The lowest BCUT2D eigenvalue weighted by Crippen LogP contribution is -2.39. The molecule has 1 amide bonds. The highest BCUT2D eigenvalue weighted by molar-refractivity contribution is 7.89. The molecule has 0 aliphatic carbocycles. The van der Waals surface area contributed by atoms with E-state index >= 15 is 0 Å². The second-order valence-electron chi connectivity index (χ2n) is 7.40. The van der Waals surface area contributed by atoms with Crippen molar-refractivity contribution in [3.63, 3.8) is 0 Å². The number of hydrogen-bond acceptors (Lipinski definition) is 4. The highest BCUT2D eigenvalue weighted by Crippen LogP contribution is 2.27. The van der Waals surface area contributed by atoms with Gasteiger partial charge in [0.15, 0.2) is 0 Å². The lowest BCUT2D eigenvalue weighted by Gasteiger charge is -2.31. The number of aromatic nitrogens is 2. The summed E-state index contributed by atoms with van der Waals surface area (Å²) in [6.07, 6.45) is 1.70. The largest absolute Gasteiger partial charge is 0.343 e. The molecule has 1 fully saturated rings. The van der Waals surface area contributed by atoms with Crippen molar-refractivity contribution in [1.82, 2.24) is 19.6 Å². The lowest BCUT2D eigenvalue weighted by molar-refractivity contribution is -0.132. The third-order valence-corrected chi connectivity index (χ3v) is 6.87. The third kappa shape index (κ3) is 4.52. The standard InChI is InChI=1S/C21H23FN4O3S/c22-16-5-7-17(8-6-16)30(28,29)23-12-9-20(27)26-13-10-15(11-14-26)21-24-18-3-1-2-4-19(18)25-21/h1-8,15,23H,9-14H2,(H,24,25). The molecule has 2 aromatic carbocycles. The molecule has 1 aliphatic heterocycles. The van der Waals surface area contributed by atoms with Gasteiger partial charge in [-0.25, -0.2) is 22.5 Å². The maximum atomic E-state index is 13.0. The highest BCUT2D eigenvalue weighted by Gasteiger charge is 2.26. The molecule has 4 rings (SSSR count). The third-order valence-electron chi connectivity index (χ3n) is 5.40. The van der Waals surface area contributed by atoms with Gasteiger partial charge in [-0.1, -0.05) is 12.1 Å². The summed E-state index contributed by atoms with van der Waals surface area (Å²) in [7, 11) is -3.76. The molecule has 2 heterocycles. The van der Waals surface area contributed by atoms with Crippen LogP contribution in [-0.2, 0) is 14.8 Å². The van der Waals surface area contributed by atoms with Crippen LogP contribution in [0.15, 0.2) is 53.4 Å². The first-order chi connectivity index (χ1) is 14.4. The van der Waals surface area contributed by atoms with Gasteiger partial charge in [-0.2, -0.15) is 0 Å². The number of likely N-dealkylation sites (tertiary alicyclic amines) is 1. The number of aromatic amines is 1. The van der Waals surface area contributed by atoms with Crippen molar-refractivity contribution < 1.29 is 17.6 Å². The number of fused-ring (bicyclic) bond motifs is 1. The van der Waals surface area contributed by atoms with Crippen molar-refractivity contribution in [2.45, 2.75) is 30.1 Å². The van der Waals surface area contributed by atoms with Gasteiger partial charge in [-0.15, -0.1) is 0 Å². The summed E-state index contributed by atoms with van der Waals surface area (Å²) < 4.78 is 39.8. The Labute approximate surface area is 174 Å². The minimum Gasteiger partial charge on any atom is -0.343 e. The van der Waals surface area contributed by atoms with Gasteiger partial charge in [0, 0.05) is 32.0 Å². The zero-order valence-electron chi connectivity index (χ0n) is 16.3. The summed E-state index contributed by atoms with van der Waals surface area (Å²) in [4.78, 5) is 22.2. The maximum Gasteiger partial charge on any atom is 0.240 e. The number of amides is 1. The predicted octanol–water partition coefficient (Wildman–Crippen LogP) is 2.78. The Morgan fingerprint density at radius 3 is 2.53 bits per heavy atom. The van der Waals surface area contributed by atoms with E-state index in [9.17, 15) is 17.6 Å². The average molecular weight is 431 g/mol. The minimum absolute atomic E-state index is 0.00203. The molecule has 2 N–H and O–H groups in total. The quantitative estimate of drug-likeness (QED) is 0.629. The lowest BCUT2D eigenvalue weighted by atomic mass is 9.96. The minimum atomic E-state index is -3.76. The molecular weight excluding hydrogens is 407 g/mol. The number of benzene rings is 2. The molecular formula is C21H23FN4O3S. The normalized spacial score (nSPS) is 15.6. The number of nitrogens with zero attached hydrogens (tertiary/aromatic N) is 2. The molecule has 158 valence electrons. The summed E-state index contributed by atoms with van der Waals surface area (Å²) in [6.45, 7) is 1.23. The maximum absolute atomic E-state index is 13.0. The zero-order chi connectivity index (χ0) is 21.1. The fraction of sp³-hybridized carbons (Fsp3) is 0.333. The van der Waals surface area contributed by atoms with Crippen LogP contribution >= 0.6 is 0 Å². The van der Waals surface area contributed by atoms with Crippen molar-refractivity contribution in [2.75, 3.05) is 19.6 Å². The number of sulfonamides is 1. The fourth-order valence-corrected chi connectivity index (χ4v) is 4.75. The second kappa shape index (κ2) is 8.53. The number of para-hydroxylation sites is 2. The smallest absolute Gasteiger partial charge is 0.240 e. The fourth-order valence-electron chi connectivity index (χ4n) is 3.72. The van der Waals surface area contributed by atoms with E-state index in [1.165, 1.54) is 12.1 Å². The van der Waals surface area contributed by atoms with E-state index in [2.05, 4.69) is 14.7 Å². The van der Waals surface area contributed by atoms with Gasteiger partial charge >= 0.3 is 0 Å². The Hall–Kier alpha value is -2.78. The molecule has 0 bridgehead atoms. The van der Waals surface area contributed by atoms with Crippen LogP contribution in [-0.4, -0.2) is 48.8 Å². The Bertz CT molecular complexity index is 1100. The first-order valence-electron chi connectivity index (χ1n) is 9.90. The van der Waals surface area contributed by atoms with Crippen LogP contribution in [0.5, 0.6) is 0 Å². The number of imidazole rings is 1. The van der Waals surface area contributed by atoms with Crippen molar-refractivity contribution >= 4 is 27.0 Å². The van der Waals surface area contributed by atoms with E-state index in [1.54, 1.807) is 4.90 Å². The van der Waals surface area contributed by atoms with Crippen LogP contribution in [0.1, 0.15) is 31.0 Å². The van der Waals surface area contributed by atoms with Gasteiger partial charge in [-0.05, 0) is 49.2 Å². The molecule has 3 aromatic rings. The summed E-state index contributed by atoms with van der Waals surface area (Å²) in [6, 6.07) is 12.5. The average Bonchev–Trinajstić information content (AvgIpc) is 3.18. The number of piperidine rings is 1. The van der Waals surface area contributed by atoms with Gasteiger partial charge in [0.05, 0.1) is 15.9 Å². The molecule has 30 heavy (non-hydrogen) atoms. The topological polar surface area (TPSA) is 95.2 Å². The van der Waals surface area contributed by atoms with E-state index in [-0.39, 0.29) is 29.7 Å². The van der Waals surface area contributed by atoms with Crippen LogP contribution in [0.4, 0.5) is 4.39 Å². The molecule has 1 aliphatic rings. The Balaban J connectivity index is 1.26. The number of halogens is 1.